The molecule has 18 heavy (non-hydrogen) atoms. The fourth-order valence-corrected chi connectivity index (χ4v) is 2.29. The summed E-state index contributed by atoms with van der Waals surface area (Å²) in [4.78, 5) is 16.1. The summed E-state index contributed by atoms with van der Waals surface area (Å²) in [5.74, 6) is 0.284. The van der Waals surface area contributed by atoms with Crippen molar-refractivity contribution < 1.29 is 9.90 Å². The van der Waals surface area contributed by atoms with E-state index >= 15 is 0 Å². The third-order valence-electron chi connectivity index (χ3n) is 3.49. The van der Waals surface area contributed by atoms with Crippen LogP contribution in [-0.4, -0.2) is 66.7 Å². The molecule has 0 saturated carbocycles. The second kappa shape index (κ2) is 9.30. The second-order valence-corrected chi connectivity index (χ2v) is 4.90. The first-order valence-electron chi connectivity index (χ1n) is 7.09. The van der Waals surface area contributed by atoms with E-state index < -0.39 is 0 Å². The van der Waals surface area contributed by atoms with E-state index in [1.54, 1.807) is 0 Å². The van der Waals surface area contributed by atoms with Crippen LogP contribution in [0.15, 0.2) is 0 Å². The van der Waals surface area contributed by atoms with Crippen LogP contribution in [0.4, 0.5) is 0 Å². The molecular formula is C13H27N3O2. The minimum atomic E-state index is 0.203. The molecule has 5 heteroatoms. The van der Waals surface area contributed by atoms with Crippen molar-refractivity contribution in [2.75, 3.05) is 45.9 Å². The molecule has 0 spiro atoms. The van der Waals surface area contributed by atoms with Crippen molar-refractivity contribution in [1.29, 1.82) is 0 Å². The van der Waals surface area contributed by atoms with E-state index in [4.69, 9.17) is 10.8 Å². The molecule has 1 aliphatic rings. The lowest BCUT2D eigenvalue weighted by Gasteiger charge is -2.34. The number of rotatable bonds is 8. The molecule has 0 aromatic carbocycles. The van der Waals surface area contributed by atoms with Crippen molar-refractivity contribution in [3.8, 4) is 0 Å². The first-order valence-corrected chi connectivity index (χ1v) is 7.09. The summed E-state index contributed by atoms with van der Waals surface area (Å²) >= 11 is 0. The minimum Gasteiger partial charge on any atom is -0.395 e. The van der Waals surface area contributed by atoms with E-state index in [0.717, 1.165) is 65.0 Å². The van der Waals surface area contributed by atoms with E-state index in [-0.39, 0.29) is 12.5 Å². The number of nitrogens with two attached hydrogens (primary N) is 1. The van der Waals surface area contributed by atoms with Crippen molar-refractivity contribution in [2.45, 2.75) is 32.1 Å². The van der Waals surface area contributed by atoms with Crippen molar-refractivity contribution in [3.05, 3.63) is 0 Å². The van der Waals surface area contributed by atoms with Gasteiger partial charge in [0.15, 0.2) is 0 Å². The van der Waals surface area contributed by atoms with E-state index in [0.29, 0.717) is 6.42 Å². The van der Waals surface area contributed by atoms with E-state index in [9.17, 15) is 4.79 Å². The monoisotopic (exact) mass is 257 g/mol. The molecule has 1 aliphatic heterocycles. The zero-order chi connectivity index (χ0) is 13.2. The number of amides is 1. The normalized spacial score (nSPS) is 17.1. The average molecular weight is 257 g/mol. The summed E-state index contributed by atoms with van der Waals surface area (Å²) in [7, 11) is 0. The third kappa shape index (κ3) is 5.80. The Bertz CT molecular complexity index is 228. The van der Waals surface area contributed by atoms with Gasteiger partial charge < -0.3 is 15.7 Å². The number of hydrogen-bond donors (Lipinski definition) is 2. The molecule has 0 aliphatic carbocycles. The lowest BCUT2D eigenvalue weighted by atomic mass is 10.1. The number of carbonyl (C=O) groups excluding carboxylic acids is 1. The van der Waals surface area contributed by atoms with Gasteiger partial charge in [-0.15, -0.1) is 0 Å². The number of piperazine rings is 1. The number of aliphatic hydroxyl groups excluding tert-OH is 1. The fraction of sp³-hybridized carbons (Fsp3) is 0.923. The number of β-amino-alcohol motifs (C(OH)–C–C–N with tert-alkyl or cyclic N) is 1. The summed E-state index contributed by atoms with van der Waals surface area (Å²) in [5.41, 5.74) is 5.43. The molecule has 1 fully saturated rings. The molecule has 3 N–H and O–H groups in total. The Kier molecular flexibility index (Phi) is 7.96. The predicted octanol–water partition coefficient (Wildman–Crippen LogP) is 0.0321. The van der Waals surface area contributed by atoms with Crippen molar-refractivity contribution >= 4 is 5.91 Å². The fourth-order valence-electron chi connectivity index (χ4n) is 2.29. The van der Waals surface area contributed by atoms with Crippen LogP contribution in [0.5, 0.6) is 0 Å². The molecule has 0 aromatic heterocycles. The molecule has 1 amide bonds. The Morgan fingerprint density at radius 3 is 2.33 bits per heavy atom. The van der Waals surface area contributed by atoms with E-state index in [1.165, 1.54) is 0 Å². The van der Waals surface area contributed by atoms with Crippen LogP contribution in [0.2, 0.25) is 0 Å². The summed E-state index contributed by atoms with van der Waals surface area (Å²) < 4.78 is 0. The highest BCUT2D eigenvalue weighted by atomic mass is 16.3. The van der Waals surface area contributed by atoms with E-state index in [2.05, 4.69) is 4.90 Å². The summed E-state index contributed by atoms with van der Waals surface area (Å²) in [5, 5.41) is 8.85. The van der Waals surface area contributed by atoms with Gasteiger partial charge in [0.2, 0.25) is 5.91 Å². The van der Waals surface area contributed by atoms with Gasteiger partial charge in [-0.1, -0.05) is 12.8 Å². The number of hydrogen-bond acceptors (Lipinski definition) is 4. The van der Waals surface area contributed by atoms with Crippen LogP contribution < -0.4 is 5.73 Å². The van der Waals surface area contributed by atoms with Crippen LogP contribution in [0.3, 0.4) is 0 Å². The highest BCUT2D eigenvalue weighted by Crippen LogP contribution is 2.08. The highest BCUT2D eigenvalue weighted by molar-refractivity contribution is 5.76. The standard InChI is InChI=1S/C13H27N3O2/c14-6-4-2-1-3-5-13(18)16-9-7-15(8-10-16)11-12-17/h17H,1-12,14H2. The van der Waals surface area contributed by atoms with Crippen LogP contribution in [0.1, 0.15) is 32.1 Å². The Balaban J connectivity index is 2.08. The van der Waals surface area contributed by atoms with Crippen molar-refractivity contribution in [1.82, 2.24) is 9.80 Å². The number of unbranched alkanes of at least 4 members (excludes halogenated alkanes) is 3. The largest absolute Gasteiger partial charge is 0.395 e. The summed E-state index contributed by atoms with van der Waals surface area (Å²) in [6.07, 6.45) is 4.95. The number of carbonyl (C=O) groups is 1. The number of aliphatic hydroxyl groups is 1. The molecule has 0 unspecified atom stereocenters. The number of nitrogens with zero attached hydrogens (tertiary/aromatic N) is 2. The maximum atomic E-state index is 11.9. The average Bonchev–Trinajstić information content (AvgIpc) is 2.39. The van der Waals surface area contributed by atoms with Gasteiger partial charge in [0, 0.05) is 39.1 Å². The third-order valence-corrected chi connectivity index (χ3v) is 3.49. The summed E-state index contributed by atoms with van der Waals surface area (Å²) in [6, 6.07) is 0. The quantitative estimate of drug-likeness (QED) is 0.602. The van der Waals surface area contributed by atoms with Gasteiger partial charge in [-0.3, -0.25) is 9.69 Å². The molecule has 1 saturated heterocycles. The molecule has 0 atom stereocenters. The maximum Gasteiger partial charge on any atom is 0.222 e. The molecule has 0 bridgehead atoms. The summed E-state index contributed by atoms with van der Waals surface area (Å²) in [6.45, 7) is 5.07. The van der Waals surface area contributed by atoms with E-state index in [1.807, 2.05) is 4.90 Å². The van der Waals surface area contributed by atoms with Crippen LogP contribution >= 0.6 is 0 Å². The van der Waals surface area contributed by atoms with Gasteiger partial charge >= 0.3 is 0 Å². The highest BCUT2D eigenvalue weighted by Gasteiger charge is 2.19. The molecule has 0 aromatic rings. The molecule has 106 valence electrons. The first kappa shape index (κ1) is 15.4. The van der Waals surface area contributed by atoms with Crippen LogP contribution in [0.25, 0.3) is 0 Å². The molecule has 1 heterocycles. The molecular weight excluding hydrogens is 230 g/mol. The van der Waals surface area contributed by atoms with Gasteiger partial charge in [-0.25, -0.2) is 0 Å². The van der Waals surface area contributed by atoms with Crippen LogP contribution in [-0.2, 0) is 4.79 Å². The lowest BCUT2D eigenvalue weighted by molar-refractivity contribution is -0.133. The second-order valence-electron chi connectivity index (χ2n) is 4.90. The SMILES string of the molecule is NCCCCCCC(=O)N1CCN(CCO)CC1. The van der Waals surface area contributed by atoms with Crippen molar-refractivity contribution in [3.63, 3.8) is 0 Å². The molecule has 5 nitrogen and oxygen atoms in total. The zero-order valence-corrected chi connectivity index (χ0v) is 11.3. The van der Waals surface area contributed by atoms with Gasteiger partial charge in [0.25, 0.3) is 0 Å². The predicted molar refractivity (Wildman–Crippen MR) is 72.2 cm³/mol. The lowest BCUT2D eigenvalue weighted by Crippen LogP contribution is -2.49. The topological polar surface area (TPSA) is 69.8 Å². The van der Waals surface area contributed by atoms with Gasteiger partial charge in [-0.05, 0) is 19.4 Å². The molecule has 0 radical (unpaired) electrons. The van der Waals surface area contributed by atoms with Crippen molar-refractivity contribution in [2.24, 2.45) is 5.73 Å². The Morgan fingerprint density at radius 1 is 1.06 bits per heavy atom. The zero-order valence-electron chi connectivity index (χ0n) is 11.3. The van der Waals surface area contributed by atoms with Gasteiger partial charge in [0.1, 0.15) is 0 Å². The van der Waals surface area contributed by atoms with Gasteiger partial charge in [0.05, 0.1) is 6.61 Å². The minimum absolute atomic E-state index is 0.203. The molecule has 1 rings (SSSR count). The smallest absolute Gasteiger partial charge is 0.222 e. The van der Waals surface area contributed by atoms with Crippen LogP contribution in [0, 0.1) is 0 Å². The Hall–Kier alpha value is -0.650. The Morgan fingerprint density at radius 2 is 1.72 bits per heavy atom. The first-order chi connectivity index (χ1) is 8.77. The Labute approximate surface area is 110 Å². The maximum absolute atomic E-state index is 11.9. The van der Waals surface area contributed by atoms with Gasteiger partial charge in [-0.2, -0.15) is 0 Å².